The van der Waals surface area contributed by atoms with Crippen LogP contribution in [0, 0.1) is 12.7 Å². The Morgan fingerprint density at radius 3 is 2.48 bits per heavy atom. The van der Waals surface area contributed by atoms with Gasteiger partial charge in [0.1, 0.15) is 5.82 Å². The zero-order chi connectivity index (χ0) is 16.7. The van der Waals surface area contributed by atoms with Gasteiger partial charge in [-0.05, 0) is 36.2 Å². The van der Waals surface area contributed by atoms with E-state index in [4.69, 9.17) is 0 Å². The number of carbonyl (C=O) groups is 2. The van der Waals surface area contributed by atoms with E-state index >= 15 is 0 Å². The highest BCUT2D eigenvalue weighted by molar-refractivity contribution is 5.94. The van der Waals surface area contributed by atoms with Gasteiger partial charge in [-0.3, -0.25) is 4.79 Å². The number of benzene rings is 2. The maximum absolute atomic E-state index is 13.0. The van der Waals surface area contributed by atoms with Crippen LogP contribution in [0.15, 0.2) is 48.5 Å². The second-order valence-electron chi connectivity index (χ2n) is 5.03. The number of urea groups is 1. The number of nitrogens with one attached hydrogen (secondary N) is 3. The van der Waals surface area contributed by atoms with Gasteiger partial charge in [-0.15, -0.1) is 0 Å². The third-order valence-electron chi connectivity index (χ3n) is 3.17. The number of halogens is 1. The molecular weight excluding hydrogens is 297 g/mol. The minimum Gasteiger partial charge on any atom is -0.334 e. The highest BCUT2D eigenvalue weighted by atomic mass is 19.1. The van der Waals surface area contributed by atoms with Crippen molar-refractivity contribution in [2.75, 3.05) is 11.9 Å². The third-order valence-corrected chi connectivity index (χ3v) is 3.17. The number of hydrogen-bond acceptors (Lipinski definition) is 2. The molecule has 3 amide bonds. The van der Waals surface area contributed by atoms with Crippen molar-refractivity contribution >= 4 is 17.6 Å². The van der Waals surface area contributed by atoms with Crippen LogP contribution in [0.3, 0.4) is 0 Å². The Morgan fingerprint density at radius 1 is 1.04 bits per heavy atom. The predicted molar refractivity (Wildman–Crippen MR) is 86.4 cm³/mol. The Bertz CT molecular complexity index is 689. The van der Waals surface area contributed by atoms with Gasteiger partial charge in [0.25, 0.3) is 0 Å². The summed E-state index contributed by atoms with van der Waals surface area (Å²) >= 11 is 0. The van der Waals surface area contributed by atoms with E-state index in [0.717, 1.165) is 5.56 Å². The summed E-state index contributed by atoms with van der Waals surface area (Å²) in [5.41, 5.74) is 2.10. The average molecular weight is 315 g/mol. The van der Waals surface area contributed by atoms with E-state index in [1.165, 1.54) is 18.2 Å². The van der Waals surface area contributed by atoms with Crippen molar-refractivity contribution in [1.82, 2.24) is 10.6 Å². The smallest absolute Gasteiger partial charge is 0.315 e. The van der Waals surface area contributed by atoms with Gasteiger partial charge in [0.05, 0.1) is 6.54 Å². The fourth-order valence-corrected chi connectivity index (χ4v) is 1.96. The monoisotopic (exact) mass is 315 g/mol. The van der Waals surface area contributed by atoms with E-state index in [9.17, 15) is 14.0 Å². The molecule has 5 nitrogen and oxygen atoms in total. The Kier molecular flexibility index (Phi) is 5.68. The van der Waals surface area contributed by atoms with Crippen LogP contribution >= 0.6 is 0 Å². The lowest BCUT2D eigenvalue weighted by atomic mass is 10.2. The molecule has 0 saturated carbocycles. The molecule has 0 aromatic heterocycles. The van der Waals surface area contributed by atoms with E-state index in [2.05, 4.69) is 16.0 Å². The first-order valence-corrected chi connectivity index (χ1v) is 7.16. The van der Waals surface area contributed by atoms with Gasteiger partial charge in [0, 0.05) is 12.2 Å². The van der Waals surface area contributed by atoms with Crippen molar-refractivity contribution in [2.45, 2.75) is 13.5 Å². The minimum atomic E-state index is -0.431. The number of anilines is 1. The van der Waals surface area contributed by atoms with Crippen molar-refractivity contribution < 1.29 is 14.0 Å². The van der Waals surface area contributed by atoms with Crippen LogP contribution in [0.5, 0.6) is 0 Å². The zero-order valence-electron chi connectivity index (χ0n) is 12.7. The lowest BCUT2D eigenvalue weighted by Crippen LogP contribution is -2.39. The standard InChI is InChI=1S/C17H18FN3O2/c1-12-9-14(18)7-8-15(12)21-16(22)11-20-17(23)19-10-13-5-3-2-4-6-13/h2-9H,10-11H2,1H3,(H,21,22)(H2,19,20,23). The van der Waals surface area contributed by atoms with Crippen molar-refractivity contribution in [3.05, 3.63) is 65.5 Å². The molecule has 120 valence electrons. The number of amides is 3. The van der Waals surface area contributed by atoms with Gasteiger partial charge >= 0.3 is 6.03 Å². The fourth-order valence-electron chi connectivity index (χ4n) is 1.96. The summed E-state index contributed by atoms with van der Waals surface area (Å²) in [6, 6.07) is 13.1. The molecule has 0 fully saturated rings. The van der Waals surface area contributed by atoms with E-state index in [-0.39, 0.29) is 18.3 Å². The van der Waals surface area contributed by atoms with Crippen molar-refractivity contribution in [1.29, 1.82) is 0 Å². The van der Waals surface area contributed by atoms with Crippen LogP contribution in [0.1, 0.15) is 11.1 Å². The van der Waals surface area contributed by atoms with Gasteiger partial charge in [-0.25, -0.2) is 9.18 Å². The molecule has 2 aromatic carbocycles. The Hall–Kier alpha value is -2.89. The lowest BCUT2D eigenvalue weighted by molar-refractivity contribution is -0.115. The lowest BCUT2D eigenvalue weighted by Gasteiger charge is -2.10. The molecular formula is C17H18FN3O2. The first kappa shape index (κ1) is 16.5. The molecule has 3 N–H and O–H groups in total. The molecule has 23 heavy (non-hydrogen) atoms. The summed E-state index contributed by atoms with van der Waals surface area (Å²) in [4.78, 5) is 23.4. The van der Waals surface area contributed by atoms with Crippen LogP contribution in [0.2, 0.25) is 0 Å². The van der Waals surface area contributed by atoms with E-state index in [0.29, 0.717) is 17.8 Å². The maximum atomic E-state index is 13.0. The summed E-state index contributed by atoms with van der Waals surface area (Å²) in [7, 11) is 0. The first-order valence-electron chi connectivity index (χ1n) is 7.16. The molecule has 0 saturated heterocycles. The fraction of sp³-hybridized carbons (Fsp3) is 0.176. The Balaban J connectivity index is 1.74. The Morgan fingerprint density at radius 2 is 1.78 bits per heavy atom. The first-order chi connectivity index (χ1) is 11.0. The topological polar surface area (TPSA) is 70.2 Å². The Labute approximate surface area is 133 Å². The zero-order valence-corrected chi connectivity index (χ0v) is 12.7. The van der Waals surface area contributed by atoms with Crippen molar-refractivity contribution in [3.8, 4) is 0 Å². The second kappa shape index (κ2) is 7.93. The van der Waals surface area contributed by atoms with Gasteiger partial charge in [0.2, 0.25) is 5.91 Å². The van der Waals surface area contributed by atoms with Gasteiger partial charge in [-0.2, -0.15) is 0 Å². The number of aryl methyl sites for hydroxylation is 1. The number of carbonyl (C=O) groups excluding carboxylic acids is 2. The highest BCUT2D eigenvalue weighted by Crippen LogP contribution is 2.15. The van der Waals surface area contributed by atoms with Gasteiger partial charge in [-0.1, -0.05) is 30.3 Å². The van der Waals surface area contributed by atoms with E-state index in [1.807, 2.05) is 30.3 Å². The molecule has 0 aliphatic heterocycles. The summed E-state index contributed by atoms with van der Waals surface area (Å²) in [6.45, 7) is 1.90. The van der Waals surface area contributed by atoms with Gasteiger partial charge in [0.15, 0.2) is 0 Å². The van der Waals surface area contributed by atoms with Crippen LogP contribution in [-0.2, 0) is 11.3 Å². The highest BCUT2D eigenvalue weighted by Gasteiger charge is 2.07. The SMILES string of the molecule is Cc1cc(F)ccc1NC(=O)CNC(=O)NCc1ccccc1. The molecule has 0 aliphatic rings. The van der Waals surface area contributed by atoms with Crippen LogP contribution in [0.4, 0.5) is 14.9 Å². The maximum Gasteiger partial charge on any atom is 0.315 e. The van der Waals surface area contributed by atoms with Crippen LogP contribution in [-0.4, -0.2) is 18.5 Å². The summed E-state index contributed by atoms with van der Waals surface area (Å²) in [6.07, 6.45) is 0. The minimum absolute atomic E-state index is 0.169. The number of hydrogen-bond donors (Lipinski definition) is 3. The molecule has 0 radical (unpaired) electrons. The molecule has 0 heterocycles. The molecule has 0 spiro atoms. The average Bonchev–Trinajstić information content (AvgIpc) is 2.54. The van der Waals surface area contributed by atoms with Crippen LogP contribution < -0.4 is 16.0 Å². The molecule has 6 heteroatoms. The third kappa shape index (κ3) is 5.43. The summed E-state index contributed by atoms with van der Waals surface area (Å²) in [5.74, 6) is -0.742. The summed E-state index contributed by atoms with van der Waals surface area (Å²) < 4.78 is 13.0. The molecule has 0 atom stereocenters. The number of rotatable bonds is 5. The van der Waals surface area contributed by atoms with Crippen LogP contribution in [0.25, 0.3) is 0 Å². The van der Waals surface area contributed by atoms with Crippen molar-refractivity contribution in [2.24, 2.45) is 0 Å². The quantitative estimate of drug-likeness (QED) is 0.793. The van der Waals surface area contributed by atoms with Crippen molar-refractivity contribution in [3.63, 3.8) is 0 Å². The molecule has 2 rings (SSSR count). The second-order valence-corrected chi connectivity index (χ2v) is 5.03. The van der Waals surface area contributed by atoms with E-state index in [1.54, 1.807) is 6.92 Å². The van der Waals surface area contributed by atoms with Gasteiger partial charge < -0.3 is 16.0 Å². The molecule has 0 bridgehead atoms. The molecule has 0 aliphatic carbocycles. The predicted octanol–water partition coefficient (Wildman–Crippen LogP) is 2.57. The summed E-state index contributed by atoms with van der Waals surface area (Å²) in [5, 5.41) is 7.74. The molecule has 0 unspecified atom stereocenters. The largest absolute Gasteiger partial charge is 0.334 e. The normalized spacial score (nSPS) is 10.0. The molecule has 2 aromatic rings. The van der Waals surface area contributed by atoms with E-state index < -0.39 is 6.03 Å².